The highest BCUT2D eigenvalue weighted by atomic mass is 35.5. The fourth-order valence-electron chi connectivity index (χ4n) is 2.59. The highest BCUT2D eigenvalue weighted by Gasteiger charge is 2.33. The first-order valence-electron chi connectivity index (χ1n) is 7.09. The van der Waals surface area contributed by atoms with E-state index in [1.165, 1.54) is 4.31 Å². The molecule has 2 N–H and O–H groups in total. The molecule has 1 saturated heterocycles. The number of nitrogens with zero attached hydrogens (tertiary/aromatic N) is 2. The molecular formula is C14H22ClN3O2S. The van der Waals surface area contributed by atoms with Gasteiger partial charge in [0.15, 0.2) is 0 Å². The monoisotopic (exact) mass is 331 g/mol. The third kappa shape index (κ3) is 3.40. The second kappa shape index (κ2) is 6.62. The molecule has 118 valence electrons. The van der Waals surface area contributed by atoms with Crippen molar-refractivity contribution in [3.05, 3.63) is 28.8 Å². The molecule has 1 aromatic carbocycles. The predicted octanol–water partition coefficient (Wildman–Crippen LogP) is 1.51. The van der Waals surface area contributed by atoms with Crippen LogP contribution in [0.2, 0.25) is 5.02 Å². The number of rotatable bonds is 4. The maximum Gasteiger partial charge on any atom is 0.244 e. The van der Waals surface area contributed by atoms with Crippen molar-refractivity contribution in [1.29, 1.82) is 0 Å². The summed E-state index contributed by atoms with van der Waals surface area (Å²) in [7, 11) is -1.54. The summed E-state index contributed by atoms with van der Waals surface area (Å²) in [5.41, 5.74) is 6.36. The summed E-state index contributed by atoms with van der Waals surface area (Å²) in [6.07, 6.45) is 0.916. The lowest BCUT2D eigenvalue weighted by molar-refractivity contribution is 0.144. The lowest BCUT2D eigenvalue weighted by Crippen LogP contribution is -2.52. The van der Waals surface area contributed by atoms with Gasteiger partial charge in [-0.3, -0.25) is 0 Å². The van der Waals surface area contributed by atoms with Crippen LogP contribution in [0.25, 0.3) is 0 Å². The molecule has 5 nitrogen and oxygen atoms in total. The molecule has 1 heterocycles. The molecular weight excluding hydrogens is 310 g/mol. The molecule has 1 unspecified atom stereocenters. The zero-order valence-corrected chi connectivity index (χ0v) is 14.0. The Balaban J connectivity index is 2.34. The van der Waals surface area contributed by atoms with Crippen molar-refractivity contribution >= 4 is 21.6 Å². The van der Waals surface area contributed by atoms with Gasteiger partial charge in [0.1, 0.15) is 4.90 Å². The van der Waals surface area contributed by atoms with Gasteiger partial charge in [-0.1, -0.05) is 24.6 Å². The highest BCUT2D eigenvalue weighted by Crippen LogP contribution is 2.27. The Morgan fingerprint density at radius 1 is 1.38 bits per heavy atom. The summed E-state index contributed by atoms with van der Waals surface area (Å²) in [5.74, 6) is 0. The average molecular weight is 332 g/mol. The lowest BCUT2D eigenvalue weighted by Gasteiger charge is -2.38. The second-order valence-corrected chi connectivity index (χ2v) is 7.69. The first kappa shape index (κ1) is 16.7. The van der Waals surface area contributed by atoms with Gasteiger partial charge in [0.25, 0.3) is 0 Å². The number of hydrogen-bond acceptors (Lipinski definition) is 4. The Hall–Kier alpha value is -0.660. The molecule has 1 aliphatic heterocycles. The third-order valence-electron chi connectivity index (χ3n) is 4.06. The van der Waals surface area contributed by atoms with Crippen LogP contribution in [-0.4, -0.2) is 50.3 Å². The summed E-state index contributed by atoms with van der Waals surface area (Å²) in [4.78, 5) is 2.36. The van der Waals surface area contributed by atoms with Crippen LogP contribution in [0.3, 0.4) is 0 Å². The number of hydrogen-bond donors (Lipinski definition) is 1. The van der Waals surface area contributed by atoms with Crippen molar-refractivity contribution in [1.82, 2.24) is 9.21 Å². The molecule has 0 saturated carbocycles. The topological polar surface area (TPSA) is 66.6 Å². The molecule has 0 aromatic heterocycles. The SMILES string of the molecule is CCC1CN(S(=O)(=O)c2cc(CN)ccc2Cl)CCN1C. The van der Waals surface area contributed by atoms with Crippen molar-refractivity contribution in [3.8, 4) is 0 Å². The van der Waals surface area contributed by atoms with E-state index in [1.807, 2.05) is 7.05 Å². The molecule has 1 aliphatic rings. The van der Waals surface area contributed by atoms with Gasteiger partial charge in [-0.05, 0) is 31.2 Å². The smallest absolute Gasteiger partial charge is 0.244 e. The van der Waals surface area contributed by atoms with Crippen molar-refractivity contribution in [2.75, 3.05) is 26.7 Å². The van der Waals surface area contributed by atoms with Crippen LogP contribution < -0.4 is 5.73 Å². The maximum atomic E-state index is 12.8. The normalized spacial score (nSPS) is 21.6. The van der Waals surface area contributed by atoms with Gasteiger partial charge in [-0.25, -0.2) is 8.42 Å². The van der Waals surface area contributed by atoms with E-state index in [9.17, 15) is 8.42 Å². The summed E-state index contributed by atoms with van der Waals surface area (Å²) < 4.78 is 27.2. The Morgan fingerprint density at radius 3 is 2.71 bits per heavy atom. The number of sulfonamides is 1. The Kier molecular flexibility index (Phi) is 5.27. The van der Waals surface area contributed by atoms with Crippen LogP contribution in [0.1, 0.15) is 18.9 Å². The van der Waals surface area contributed by atoms with Crippen molar-refractivity contribution in [2.24, 2.45) is 5.73 Å². The van der Waals surface area contributed by atoms with Gasteiger partial charge >= 0.3 is 0 Å². The maximum absolute atomic E-state index is 12.8. The minimum atomic E-state index is -3.57. The minimum absolute atomic E-state index is 0.159. The van der Waals surface area contributed by atoms with Crippen LogP contribution in [0.4, 0.5) is 0 Å². The van der Waals surface area contributed by atoms with Crippen molar-refractivity contribution in [3.63, 3.8) is 0 Å². The van der Waals surface area contributed by atoms with Crippen LogP contribution >= 0.6 is 11.6 Å². The lowest BCUT2D eigenvalue weighted by atomic mass is 10.1. The molecule has 1 fully saturated rings. The summed E-state index contributed by atoms with van der Waals surface area (Å²) in [5, 5.41) is 0.249. The van der Waals surface area contributed by atoms with Gasteiger partial charge in [-0.2, -0.15) is 4.31 Å². The summed E-state index contributed by atoms with van der Waals surface area (Å²) in [6, 6.07) is 5.17. The molecule has 0 aliphatic carbocycles. The van der Waals surface area contributed by atoms with E-state index in [-0.39, 0.29) is 16.0 Å². The Morgan fingerprint density at radius 2 is 2.10 bits per heavy atom. The van der Waals surface area contributed by atoms with E-state index in [0.29, 0.717) is 19.6 Å². The van der Waals surface area contributed by atoms with Gasteiger partial charge < -0.3 is 10.6 Å². The molecule has 0 spiro atoms. The van der Waals surface area contributed by atoms with Gasteiger partial charge in [-0.15, -0.1) is 0 Å². The number of likely N-dealkylation sites (N-methyl/N-ethyl adjacent to an activating group) is 1. The molecule has 21 heavy (non-hydrogen) atoms. The quantitative estimate of drug-likeness (QED) is 0.908. The molecule has 7 heteroatoms. The highest BCUT2D eigenvalue weighted by molar-refractivity contribution is 7.89. The Labute approximate surface area is 131 Å². The van der Waals surface area contributed by atoms with E-state index >= 15 is 0 Å². The molecule has 0 amide bonds. The van der Waals surface area contributed by atoms with E-state index < -0.39 is 10.0 Å². The van der Waals surface area contributed by atoms with Crippen molar-refractivity contribution < 1.29 is 8.42 Å². The van der Waals surface area contributed by atoms with Crippen LogP contribution in [-0.2, 0) is 16.6 Å². The van der Waals surface area contributed by atoms with Crippen molar-refractivity contribution in [2.45, 2.75) is 30.8 Å². The molecule has 2 rings (SSSR count). The molecule has 1 atom stereocenters. The van der Waals surface area contributed by atoms with E-state index in [0.717, 1.165) is 18.5 Å². The van der Waals surface area contributed by atoms with Gasteiger partial charge in [0.05, 0.1) is 5.02 Å². The van der Waals surface area contributed by atoms with Gasteiger partial charge in [0.2, 0.25) is 10.0 Å². The molecule has 1 aromatic rings. The number of piperazine rings is 1. The number of halogens is 1. The standard InChI is InChI=1S/C14H22ClN3O2S/c1-3-12-10-18(7-6-17(12)2)21(19,20)14-8-11(9-16)4-5-13(14)15/h4-5,8,12H,3,6-7,9-10,16H2,1-2H3. The Bertz CT molecular complexity index is 606. The average Bonchev–Trinajstić information content (AvgIpc) is 2.47. The molecule has 0 radical (unpaired) electrons. The fourth-order valence-corrected chi connectivity index (χ4v) is 4.58. The fraction of sp³-hybridized carbons (Fsp3) is 0.571. The largest absolute Gasteiger partial charge is 0.326 e. The molecule has 0 bridgehead atoms. The van der Waals surface area contributed by atoms with Crippen LogP contribution in [0.5, 0.6) is 0 Å². The first-order chi connectivity index (χ1) is 9.90. The minimum Gasteiger partial charge on any atom is -0.326 e. The summed E-state index contributed by atoms with van der Waals surface area (Å²) >= 11 is 6.10. The first-order valence-corrected chi connectivity index (χ1v) is 8.90. The second-order valence-electron chi connectivity index (χ2n) is 5.37. The summed E-state index contributed by atoms with van der Waals surface area (Å²) in [6.45, 7) is 4.07. The van der Waals surface area contributed by atoms with E-state index in [1.54, 1.807) is 18.2 Å². The number of nitrogens with two attached hydrogens (primary N) is 1. The van der Waals surface area contributed by atoms with Crippen LogP contribution in [0.15, 0.2) is 23.1 Å². The van der Waals surface area contributed by atoms with E-state index in [2.05, 4.69) is 11.8 Å². The predicted molar refractivity (Wildman–Crippen MR) is 84.8 cm³/mol. The zero-order valence-electron chi connectivity index (χ0n) is 12.4. The van der Waals surface area contributed by atoms with Gasteiger partial charge in [0, 0.05) is 32.2 Å². The van der Waals surface area contributed by atoms with E-state index in [4.69, 9.17) is 17.3 Å². The number of benzene rings is 1. The van der Waals surface area contributed by atoms with Crippen LogP contribution in [0, 0.1) is 0 Å². The third-order valence-corrected chi connectivity index (χ3v) is 6.41. The zero-order chi connectivity index (χ0) is 15.6.